The Morgan fingerprint density at radius 2 is 2.06 bits per heavy atom. The summed E-state index contributed by atoms with van der Waals surface area (Å²) in [6.45, 7) is 3.15. The first-order valence-corrected chi connectivity index (χ1v) is 11.5. The Hall–Kier alpha value is -2.62. The van der Waals surface area contributed by atoms with Gasteiger partial charge in [-0.25, -0.2) is 18.5 Å². The first-order chi connectivity index (χ1) is 14.3. The quantitative estimate of drug-likeness (QED) is 0.687. The van der Waals surface area contributed by atoms with E-state index in [1.165, 1.54) is 36.1 Å². The van der Waals surface area contributed by atoms with Gasteiger partial charge < -0.3 is 4.90 Å². The number of nitrogens with zero attached hydrogens (tertiary/aromatic N) is 3. The molecule has 1 aliphatic heterocycles. The lowest BCUT2D eigenvalue weighted by Gasteiger charge is -2.23. The number of primary sulfonamides is 1. The molecule has 0 aliphatic carbocycles. The molecule has 0 radical (unpaired) electrons. The maximum absolute atomic E-state index is 13.3. The molecule has 1 amide bonds. The third-order valence-electron chi connectivity index (χ3n) is 4.73. The van der Waals surface area contributed by atoms with Gasteiger partial charge in [-0.15, -0.1) is 0 Å². The number of nitriles is 1. The number of aryl methyl sites for hydroxylation is 1. The lowest BCUT2D eigenvalue weighted by Crippen LogP contribution is -2.37. The van der Waals surface area contributed by atoms with E-state index in [2.05, 4.69) is 4.98 Å². The minimum absolute atomic E-state index is 0.0653. The molecule has 31 heavy (non-hydrogen) atoms. The molecule has 164 valence electrons. The van der Waals surface area contributed by atoms with Gasteiger partial charge in [-0.2, -0.15) is 18.4 Å². The number of halogens is 3. The number of rotatable bonds is 4. The van der Waals surface area contributed by atoms with Gasteiger partial charge in [0.2, 0.25) is 15.9 Å². The summed E-state index contributed by atoms with van der Waals surface area (Å²) in [6.07, 6.45) is -4.32. The van der Waals surface area contributed by atoms with Crippen LogP contribution in [0.1, 0.15) is 29.3 Å². The van der Waals surface area contributed by atoms with Crippen LogP contribution in [0.2, 0.25) is 0 Å². The van der Waals surface area contributed by atoms with Crippen LogP contribution in [0.3, 0.4) is 0 Å². The van der Waals surface area contributed by atoms with Crippen molar-refractivity contribution in [1.29, 1.82) is 5.26 Å². The lowest BCUT2D eigenvalue weighted by atomic mass is 10.1. The second kappa shape index (κ2) is 8.14. The summed E-state index contributed by atoms with van der Waals surface area (Å²) in [7, 11) is -3.89. The number of anilines is 1. The highest BCUT2D eigenvalue weighted by Crippen LogP contribution is 2.37. The fourth-order valence-electron chi connectivity index (χ4n) is 3.44. The summed E-state index contributed by atoms with van der Waals surface area (Å²) in [6, 6.07) is 6.24. The van der Waals surface area contributed by atoms with Crippen molar-refractivity contribution in [3.05, 3.63) is 46.6 Å². The third-order valence-corrected chi connectivity index (χ3v) is 6.60. The third kappa shape index (κ3) is 4.68. The molecular formula is C19H17F3N4O3S2. The number of carbonyl (C=O) groups excluding carboxylic acids is 1. The molecular weight excluding hydrogens is 453 g/mol. The summed E-state index contributed by atoms with van der Waals surface area (Å²) in [5, 5.41) is 14.2. The summed E-state index contributed by atoms with van der Waals surface area (Å²) < 4.78 is 62.9. The number of hydrogen-bond acceptors (Lipinski definition) is 6. The molecule has 0 fully saturated rings. The van der Waals surface area contributed by atoms with E-state index >= 15 is 0 Å². The fourth-order valence-corrected chi connectivity index (χ4v) is 4.92. The number of pyridine rings is 1. The number of sulfonamides is 1. The van der Waals surface area contributed by atoms with Crippen LogP contribution in [0.4, 0.5) is 18.9 Å². The number of hydrogen-bond donors (Lipinski definition) is 1. The SMILES string of the molecule is Cc1cc(C(F)(F)F)c(C#N)c(SCC(=O)N2c3ccc(S(N)(=O)=O)cc3CC2C)n1. The van der Waals surface area contributed by atoms with Crippen molar-refractivity contribution >= 4 is 33.4 Å². The van der Waals surface area contributed by atoms with Gasteiger partial charge in [0.1, 0.15) is 11.1 Å². The van der Waals surface area contributed by atoms with Crippen LogP contribution in [0.15, 0.2) is 34.2 Å². The highest BCUT2D eigenvalue weighted by Gasteiger charge is 2.36. The van der Waals surface area contributed by atoms with E-state index in [9.17, 15) is 31.6 Å². The number of thioether (sulfide) groups is 1. The minimum atomic E-state index is -4.72. The lowest BCUT2D eigenvalue weighted by molar-refractivity contribution is -0.138. The standard InChI is InChI=1S/C19H17F3N4O3S2/c1-10-5-15(19(20,21)22)14(8-23)18(25-10)30-9-17(27)26-11(2)6-12-7-13(31(24,28)29)3-4-16(12)26/h3-5,7,11H,6,9H2,1-2H3,(H2,24,28,29). The van der Waals surface area contributed by atoms with Crippen molar-refractivity contribution < 1.29 is 26.4 Å². The molecule has 1 atom stereocenters. The van der Waals surface area contributed by atoms with Crippen LogP contribution < -0.4 is 10.0 Å². The average Bonchev–Trinajstić information content (AvgIpc) is 2.99. The number of carbonyl (C=O) groups is 1. The molecule has 2 aromatic rings. The number of amides is 1. The molecule has 0 spiro atoms. The summed E-state index contributed by atoms with van der Waals surface area (Å²) >= 11 is 0.754. The summed E-state index contributed by atoms with van der Waals surface area (Å²) in [5.74, 6) is -0.649. The van der Waals surface area contributed by atoms with E-state index in [0.717, 1.165) is 17.8 Å². The van der Waals surface area contributed by atoms with Gasteiger partial charge in [0.25, 0.3) is 0 Å². The average molecular weight is 470 g/mol. The Labute approximate surface area is 181 Å². The minimum Gasteiger partial charge on any atom is -0.308 e. The number of fused-ring (bicyclic) bond motifs is 1. The largest absolute Gasteiger partial charge is 0.417 e. The van der Waals surface area contributed by atoms with Gasteiger partial charge >= 0.3 is 6.18 Å². The molecule has 2 heterocycles. The molecule has 12 heteroatoms. The first kappa shape index (κ1) is 23.1. The predicted octanol–water partition coefficient (Wildman–Crippen LogP) is 3.00. The van der Waals surface area contributed by atoms with Crippen molar-refractivity contribution in [1.82, 2.24) is 4.98 Å². The summed E-state index contributed by atoms with van der Waals surface area (Å²) in [5.41, 5.74) is -0.490. The zero-order valence-corrected chi connectivity index (χ0v) is 18.0. The normalized spacial score (nSPS) is 16.2. The van der Waals surface area contributed by atoms with Crippen LogP contribution in [0.25, 0.3) is 0 Å². The highest BCUT2D eigenvalue weighted by atomic mass is 32.2. The predicted molar refractivity (Wildman–Crippen MR) is 108 cm³/mol. The van der Waals surface area contributed by atoms with Gasteiger partial charge in [-0.3, -0.25) is 4.79 Å². The van der Waals surface area contributed by atoms with Crippen LogP contribution >= 0.6 is 11.8 Å². The van der Waals surface area contributed by atoms with Crippen molar-refractivity contribution in [2.75, 3.05) is 10.7 Å². The van der Waals surface area contributed by atoms with E-state index in [1.807, 2.05) is 0 Å². The number of alkyl halides is 3. The number of benzene rings is 1. The molecule has 0 saturated heterocycles. The van der Waals surface area contributed by atoms with E-state index < -0.39 is 33.2 Å². The van der Waals surface area contributed by atoms with Crippen molar-refractivity contribution in [3.8, 4) is 6.07 Å². The van der Waals surface area contributed by atoms with Crippen LogP contribution in [-0.2, 0) is 27.4 Å². The fraction of sp³-hybridized carbons (Fsp3) is 0.316. The smallest absolute Gasteiger partial charge is 0.308 e. The molecule has 1 unspecified atom stereocenters. The zero-order chi connectivity index (χ0) is 23.1. The Morgan fingerprint density at radius 1 is 1.39 bits per heavy atom. The Bertz CT molecular complexity index is 1210. The molecule has 0 bridgehead atoms. The van der Waals surface area contributed by atoms with Gasteiger partial charge in [-0.05, 0) is 50.1 Å². The molecule has 2 N–H and O–H groups in total. The first-order valence-electron chi connectivity index (χ1n) is 8.92. The maximum atomic E-state index is 13.3. The zero-order valence-electron chi connectivity index (χ0n) is 16.4. The monoisotopic (exact) mass is 470 g/mol. The van der Waals surface area contributed by atoms with Crippen LogP contribution in [0.5, 0.6) is 0 Å². The molecule has 1 aromatic carbocycles. The Kier molecular flexibility index (Phi) is 6.05. The summed E-state index contributed by atoms with van der Waals surface area (Å²) in [4.78, 5) is 18.3. The van der Waals surface area contributed by atoms with Crippen LogP contribution in [0, 0.1) is 18.3 Å². The van der Waals surface area contributed by atoms with Crippen molar-refractivity contribution in [3.63, 3.8) is 0 Å². The van der Waals surface area contributed by atoms with Gasteiger partial charge in [0.15, 0.2) is 0 Å². The maximum Gasteiger partial charge on any atom is 0.417 e. The molecule has 0 saturated carbocycles. The molecule has 3 rings (SSSR count). The van der Waals surface area contributed by atoms with E-state index in [4.69, 9.17) is 5.14 Å². The van der Waals surface area contributed by atoms with E-state index in [-0.39, 0.29) is 27.4 Å². The number of nitrogens with two attached hydrogens (primary N) is 1. The second-order valence-corrected chi connectivity index (χ2v) is 9.57. The van der Waals surface area contributed by atoms with E-state index in [0.29, 0.717) is 17.7 Å². The Balaban J connectivity index is 1.86. The second-order valence-electron chi connectivity index (χ2n) is 7.04. The number of aromatic nitrogens is 1. The van der Waals surface area contributed by atoms with Crippen molar-refractivity contribution in [2.45, 2.75) is 42.4 Å². The van der Waals surface area contributed by atoms with Gasteiger partial charge in [0.05, 0.1) is 21.8 Å². The van der Waals surface area contributed by atoms with Gasteiger partial charge in [0, 0.05) is 17.4 Å². The van der Waals surface area contributed by atoms with Gasteiger partial charge in [-0.1, -0.05) is 11.8 Å². The topological polar surface area (TPSA) is 117 Å². The Morgan fingerprint density at radius 3 is 2.65 bits per heavy atom. The van der Waals surface area contributed by atoms with Crippen LogP contribution in [-0.4, -0.2) is 31.1 Å². The van der Waals surface area contributed by atoms with E-state index in [1.54, 1.807) is 6.92 Å². The highest BCUT2D eigenvalue weighted by molar-refractivity contribution is 8.00. The molecule has 1 aromatic heterocycles. The molecule has 7 nitrogen and oxygen atoms in total. The van der Waals surface area contributed by atoms with Crippen molar-refractivity contribution in [2.24, 2.45) is 5.14 Å². The molecule has 1 aliphatic rings.